The predicted molar refractivity (Wildman–Crippen MR) is 85.5 cm³/mol. The molecule has 0 radical (unpaired) electrons. The molecule has 1 aromatic heterocycles. The van der Waals surface area contributed by atoms with Gasteiger partial charge >= 0.3 is 0 Å². The second-order valence-corrected chi connectivity index (χ2v) is 5.12. The third-order valence-electron chi connectivity index (χ3n) is 3.14. The molecule has 21 heavy (non-hydrogen) atoms. The highest BCUT2D eigenvalue weighted by Gasteiger charge is 2.22. The van der Waals surface area contributed by atoms with Crippen molar-refractivity contribution in [2.24, 2.45) is 10.9 Å². The lowest BCUT2D eigenvalue weighted by atomic mass is 10.3. The van der Waals surface area contributed by atoms with Gasteiger partial charge < -0.3 is 15.4 Å². The number of rotatable bonds is 8. The quantitative estimate of drug-likeness (QED) is 0.437. The van der Waals surface area contributed by atoms with Crippen LogP contribution in [0.3, 0.4) is 0 Å². The number of hydrogen-bond donors (Lipinski definition) is 2. The van der Waals surface area contributed by atoms with Gasteiger partial charge in [-0.1, -0.05) is 6.08 Å². The lowest BCUT2D eigenvalue weighted by Gasteiger charge is -2.09. The molecule has 0 unspecified atom stereocenters. The van der Waals surface area contributed by atoms with Gasteiger partial charge in [0.15, 0.2) is 5.96 Å². The molecule has 1 saturated carbocycles. The first-order valence-electron chi connectivity index (χ1n) is 7.52. The number of nitrogens with one attached hydrogen (secondary N) is 2. The van der Waals surface area contributed by atoms with Crippen LogP contribution in [0.25, 0.3) is 0 Å². The molecule has 1 aromatic rings. The number of ether oxygens (including phenoxy) is 1. The van der Waals surface area contributed by atoms with E-state index in [0.717, 1.165) is 30.6 Å². The average Bonchev–Trinajstić information content (AvgIpc) is 3.33. The molecule has 0 amide bonds. The van der Waals surface area contributed by atoms with Crippen LogP contribution in [-0.4, -0.2) is 30.6 Å². The van der Waals surface area contributed by atoms with Crippen molar-refractivity contribution in [3.63, 3.8) is 0 Å². The number of pyridine rings is 1. The van der Waals surface area contributed by atoms with Gasteiger partial charge in [0, 0.05) is 25.4 Å². The lowest BCUT2D eigenvalue weighted by Crippen LogP contribution is -2.37. The maximum absolute atomic E-state index is 5.69. The van der Waals surface area contributed by atoms with Gasteiger partial charge in [0.2, 0.25) is 5.88 Å². The van der Waals surface area contributed by atoms with Crippen molar-refractivity contribution >= 4 is 5.96 Å². The minimum atomic E-state index is 0.592. The van der Waals surface area contributed by atoms with Crippen LogP contribution in [0.2, 0.25) is 0 Å². The number of aromatic nitrogens is 1. The van der Waals surface area contributed by atoms with Gasteiger partial charge in [-0.05, 0) is 37.3 Å². The predicted octanol–water partition coefficient (Wildman–Crippen LogP) is 2.11. The molecule has 1 aliphatic carbocycles. The van der Waals surface area contributed by atoms with Crippen LogP contribution in [0.5, 0.6) is 5.88 Å². The van der Waals surface area contributed by atoms with E-state index in [4.69, 9.17) is 4.74 Å². The normalized spacial score (nSPS) is 14.6. The number of nitrogens with zero attached hydrogens (tertiary/aromatic N) is 2. The summed E-state index contributed by atoms with van der Waals surface area (Å²) in [4.78, 5) is 8.77. The first-order valence-corrected chi connectivity index (χ1v) is 7.52. The molecule has 0 bridgehead atoms. The number of hydrogen-bond acceptors (Lipinski definition) is 3. The van der Waals surface area contributed by atoms with Crippen LogP contribution in [-0.2, 0) is 6.54 Å². The zero-order chi connectivity index (χ0) is 14.9. The summed E-state index contributed by atoms with van der Waals surface area (Å²) in [7, 11) is 0. The Morgan fingerprint density at radius 3 is 3.10 bits per heavy atom. The van der Waals surface area contributed by atoms with Crippen molar-refractivity contribution in [1.29, 1.82) is 0 Å². The fourth-order valence-electron chi connectivity index (χ4n) is 1.80. The number of aliphatic imine (C=N–C) groups is 1. The van der Waals surface area contributed by atoms with E-state index in [1.807, 2.05) is 25.1 Å². The van der Waals surface area contributed by atoms with Crippen LogP contribution in [0.15, 0.2) is 36.0 Å². The maximum atomic E-state index is 5.69. The first-order chi connectivity index (χ1) is 10.3. The largest absolute Gasteiger partial charge is 0.477 e. The van der Waals surface area contributed by atoms with Gasteiger partial charge in [0.25, 0.3) is 0 Å². The Hall–Kier alpha value is -2.04. The monoisotopic (exact) mass is 288 g/mol. The molecule has 0 aromatic carbocycles. The summed E-state index contributed by atoms with van der Waals surface area (Å²) in [6.45, 7) is 8.63. The second-order valence-electron chi connectivity index (χ2n) is 5.12. The average molecular weight is 288 g/mol. The van der Waals surface area contributed by atoms with Crippen molar-refractivity contribution in [2.75, 3.05) is 19.7 Å². The van der Waals surface area contributed by atoms with Crippen LogP contribution in [0, 0.1) is 5.92 Å². The van der Waals surface area contributed by atoms with Crippen molar-refractivity contribution < 1.29 is 4.74 Å². The summed E-state index contributed by atoms with van der Waals surface area (Å²) in [5.74, 6) is 2.21. The zero-order valence-electron chi connectivity index (χ0n) is 12.6. The van der Waals surface area contributed by atoms with Crippen LogP contribution < -0.4 is 15.4 Å². The Morgan fingerprint density at radius 2 is 2.38 bits per heavy atom. The Morgan fingerprint density at radius 1 is 1.52 bits per heavy atom. The smallest absolute Gasteiger partial charge is 0.213 e. The van der Waals surface area contributed by atoms with Gasteiger partial charge in [-0.2, -0.15) is 0 Å². The fraction of sp³-hybridized carbons (Fsp3) is 0.500. The topological polar surface area (TPSA) is 58.5 Å². The minimum Gasteiger partial charge on any atom is -0.477 e. The summed E-state index contributed by atoms with van der Waals surface area (Å²) >= 11 is 0. The standard InChI is InChI=1S/C16H24N4O/c1-3-8-19-16(17-4-2)20-11-14-7-9-18-15(10-14)21-12-13-5-6-13/h3,7,9-10,13H,1,4-6,8,11-12H2,2H3,(H2,17,19,20). The maximum Gasteiger partial charge on any atom is 0.213 e. The van der Waals surface area contributed by atoms with E-state index >= 15 is 0 Å². The lowest BCUT2D eigenvalue weighted by molar-refractivity contribution is 0.288. The highest BCUT2D eigenvalue weighted by molar-refractivity contribution is 5.79. The van der Waals surface area contributed by atoms with Crippen molar-refractivity contribution in [3.8, 4) is 5.88 Å². The Kier molecular flexibility index (Phi) is 6.06. The van der Waals surface area contributed by atoms with Gasteiger partial charge in [0.05, 0.1) is 13.2 Å². The van der Waals surface area contributed by atoms with Crippen molar-refractivity contribution in [1.82, 2.24) is 15.6 Å². The van der Waals surface area contributed by atoms with Gasteiger partial charge in [-0.25, -0.2) is 9.98 Å². The second kappa shape index (κ2) is 8.29. The minimum absolute atomic E-state index is 0.592. The van der Waals surface area contributed by atoms with E-state index in [-0.39, 0.29) is 0 Å². The molecular formula is C16H24N4O. The molecule has 0 saturated heterocycles. The first kappa shape index (κ1) is 15.4. The highest BCUT2D eigenvalue weighted by Crippen LogP contribution is 2.29. The molecule has 2 N–H and O–H groups in total. The van der Waals surface area contributed by atoms with Crippen LogP contribution in [0.4, 0.5) is 0 Å². The molecule has 2 rings (SSSR count). The molecular weight excluding hydrogens is 264 g/mol. The number of guanidine groups is 1. The van der Waals surface area contributed by atoms with E-state index in [1.165, 1.54) is 12.8 Å². The molecule has 1 heterocycles. The Labute approximate surface area is 126 Å². The summed E-state index contributed by atoms with van der Waals surface area (Å²) in [5.41, 5.74) is 1.09. The highest BCUT2D eigenvalue weighted by atomic mass is 16.5. The van der Waals surface area contributed by atoms with Gasteiger partial charge in [-0.3, -0.25) is 0 Å². The van der Waals surface area contributed by atoms with Crippen molar-refractivity contribution in [2.45, 2.75) is 26.3 Å². The Balaban J connectivity index is 1.89. The zero-order valence-corrected chi connectivity index (χ0v) is 12.6. The molecule has 0 spiro atoms. The SMILES string of the molecule is C=CCNC(=NCc1ccnc(OCC2CC2)c1)NCC. The summed E-state index contributed by atoms with van der Waals surface area (Å²) in [6.07, 6.45) is 6.15. The van der Waals surface area contributed by atoms with E-state index < -0.39 is 0 Å². The summed E-state index contributed by atoms with van der Waals surface area (Å²) in [6, 6.07) is 3.92. The van der Waals surface area contributed by atoms with Crippen LogP contribution in [0.1, 0.15) is 25.3 Å². The molecule has 114 valence electrons. The summed E-state index contributed by atoms with van der Waals surface area (Å²) in [5, 5.41) is 6.37. The molecule has 5 nitrogen and oxygen atoms in total. The van der Waals surface area contributed by atoms with Gasteiger partial charge in [0.1, 0.15) is 0 Å². The van der Waals surface area contributed by atoms with E-state index in [0.29, 0.717) is 19.0 Å². The molecule has 0 aliphatic heterocycles. The molecule has 1 fully saturated rings. The fourth-order valence-corrected chi connectivity index (χ4v) is 1.80. The molecule has 5 heteroatoms. The van der Waals surface area contributed by atoms with E-state index in [1.54, 1.807) is 6.20 Å². The molecule has 1 aliphatic rings. The van der Waals surface area contributed by atoms with Gasteiger partial charge in [-0.15, -0.1) is 6.58 Å². The van der Waals surface area contributed by atoms with Crippen LogP contribution >= 0.6 is 0 Å². The van der Waals surface area contributed by atoms with Crippen molar-refractivity contribution in [3.05, 3.63) is 36.5 Å². The third-order valence-corrected chi connectivity index (χ3v) is 3.14. The Bertz CT molecular complexity index is 483. The van der Waals surface area contributed by atoms with E-state index in [2.05, 4.69) is 27.2 Å². The molecule has 0 atom stereocenters. The van der Waals surface area contributed by atoms with E-state index in [9.17, 15) is 0 Å². The summed E-state index contributed by atoms with van der Waals surface area (Å²) < 4.78 is 5.69. The third kappa shape index (κ3) is 5.85.